The summed E-state index contributed by atoms with van der Waals surface area (Å²) >= 11 is 0. The molecule has 2 aromatic carbocycles. The Morgan fingerprint density at radius 1 is 1.16 bits per heavy atom. The van der Waals surface area contributed by atoms with Crippen molar-refractivity contribution in [3.63, 3.8) is 0 Å². The molecule has 5 heterocycles. The topological polar surface area (TPSA) is 114 Å². The van der Waals surface area contributed by atoms with Gasteiger partial charge in [-0.25, -0.2) is 18.4 Å². The van der Waals surface area contributed by atoms with E-state index in [1.165, 1.54) is 53.2 Å². The van der Waals surface area contributed by atoms with Crippen LogP contribution in [0.5, 0.6) is 11.6 Å². The molecule has 11 heteroatoms. The molecule has 43 heavy (non-hydrogen) atoms. The molecule has 1 unspecified atom stereocenters. The van der Waals surface area contributed by atoms with Crippen molar-refractivity contribution in [1.82, 2.24) is 30.0 Å². The van der Waals surface area contributed by atoms with Gasteiger partial charge in [0.05, 0.1) is 29.3 Å². The average Bonchev–Trinajstić information content (AvgIpc) is 3.75. The number of halogens is 2. The highest BCUT2D eigenvalue weighted by Crippen LogP contribution is 2.31. The Hall–Kier alpha value is -4.61. The number of hydrogen-bond donors (Lipinski definition) is 3. The highest BCUT2D eigenvalue weighted by molar-refractivity contribution is 6.12. The Balaban J connectivity index is 1.12. The van der Waals surface area contributed by atoms with Gasteiger partial charge in [0.1, 0.15) is 5.82 Å². The van der Waals surface area contributed by atoms with Crippen molar-refractivity contribution in [2.45, 2.75) is 38.8 Å². The van der Waals surface area contributed by atoms with Gasteiger partial charge in [0.15, 0.2) is 11.6 Å². The summed E-state index contributed by atoms with van der Waals surface area (Å²) in [5, 5.41) is 9.01. The molecule has 0 amide bonds. The first kappa shape index (κ1) is 27.2. The number of ether oxygens (including phenoxy) is 1. The third kappa shape index (κ3) is 5.04. The number of nitrogens with one attached hydrogen (secondary N) is 2. The molecule has 2 aliphatic rings. The number of ketones is 1. The number of aromatic amines is 1. The number of fused-ring (bicyclic) bond motifs is 3. The van der Waals surface area contributed by atoms with E-state index in [-0.39, 0.29) is 23.0 Å². The molecule has 1 fully saturated rings. The molecule has 0 saturated carbocycles. The van der Waals surface area contributed by atoms with E-state index in [2.05, 4.69) is 31.3 Å². The highest BCUT2D eigenvalue weighted by Gasteiger charge is 2.25. The lowest BCUT2D eigenvalue weighted by Gasteiger charge is -2.31. The molecule has 0 radical (unpaired) electrons. The van der Waals surface area contributed by atoms with E-state index in [0.717, 1.165) is 55.6 Å². The lowest BCUT2D eigenvalue weighted by Crippen LogP contribution is -2.40. The number of nitrogens with zero attached hydrogens (tertiary/aromatic N) is 4. The third-order valence-electron chi connectivity index (χ3n) is 8.43. The van der Waals surface area contributed by atoms with Crippen molar-refractivity contribution in [3.8, 4) is 17.3 Å². The lowest BCUT2D eigenvalue weighted by atomic mass is 9.95. The molecule has 1 atom stereocenters. The van der Waals surface area contributed by atoms with Gasteiger partial charge in [-0.3, -0.25) is 9.69 Å². The molecule has 9 nitrogen and oxygen atoms in total. The van der Waals surface area contributed by atoms with E-state index in [9.17, 15) is 13.6 Å². The first-order valence-electron chi connectivity index (χ1n) is 14.4. The van der Waals surface area contributed by atoms with Crippen molar-refractivity contribution < 1.29 is 18.3 Å². The number of para-hydroxylation sites is 1. The minimum Gasteiger partial charge on any atom is -0.433 e. The summed E-state index contributed by atoms with van der Waals surface area (Å²) in [6.45, 7) is 5.83. The number of carbonyl (C=O) groups is 1. The van der Waals surface area contributed by atoms with Crippen LogP contribution in [-0.2, 0) is 13.0 Å². The van der Waals surface area contributed by atoms with E-state index in [0.29, 0.717) is 23.0 Å². The Kier molecular flexibility index (Phi) is 6.91. The van der Waals surface area contributed by atoms with Crippen LogP contribution in [0.1, 0.15) is 45.6 Å². The fourth-order valence-electron chi connectivity index (χ4n) is 6.20. The maximum atomic E-state index is 14.0. The van der Waals surface area contributed by atoms with E-state index >= 15 is 0 Å². The summed E-state index contributed by atoms with van der Waals surface area (Å²) < 4.78 is 34.8. The van der Waals surface area contributed by atoms with Gasteiger partial charge in [0.25, 0.3) is 0 Å². The summed E-state index contributed by atoms with van der Waals surface area (Å²) in [6.07, 6.45) is 6.28. The second-order valence-corrected chi connectivity index (χ2v) is 11.3. The number of H-pyrrole nitrogens is 1. The molecule has 0 bridgehead atoms. The van der Waals surface area contributed by atoms with Crippen LogP contribution in [0.15, 0.2) is 54.9 Å². The van der Waals surface area contributed by atoms with Crippen LogP contribution < -0.4 is 15.8 Å². The number of nitrogen functional groups attached to an aromatic ring is 1. The molecule has 0 aliphatic carbocycles. The number of benzene rings is 2. The number of anilines is 1. The quantitative estimate of drug-likeness (QED) is 0.230. The predicted molar refractivity (Wildman–Crippen MR) is 159 cm³/mol. The Bertz CT molecular complexity index is 1840. The van der Waals surface area contributed by atoms with E-state index in [1.807, 2.05) is 12.1 Å². The van der Waals surface area contributed by atoms with Gasteiger partial charge in [0, 0.05) is 42.6 Å². The molecular weight excluding hydrogens is 552 g/mol. The van der Waals surface area contributed by atoms with Gasteiger partial charge in [-0.2, -0.15) is 5.10 Å². The number of rotatable bonds is 7. The van der Waals surface area contributed by atoms with Gasteiger partial charge in [-0.1, -0.05) is 12.1 Å². The molecule has 4 N–H and O–H groups in total. The van der Waals surface area contributed by atoms with E-state index in [1.54, 1.807) is 6.92 Å². The van der Waals surface area contributed by atoms with Crippen LogP contribution in [0.3, 0.4) is 0 Å². The van der Waals surface area contributed by atoms with Crippen LogP contribution in [0.4, 0.5) is 14.6 Å². The Morgan fingerprint density at radius 2 is 2.00 bits per heavy atom. The van der Waals surface area contributed by atoms with Crippen LogP contribution in [0, 0.1) is 18.6 Å². The maximum absolute atomic E-state index is 14.0. The predicted octanol–water partition coefficient (Wildman–Crippen LogP) is 5.05. The molecule has 5 aromatic rings. The number of pyridine rings is 1. The molecular formula is C32H31F2N7O2. The molecule has 1 saturated heterocycles. The normalized spacial score (nSPS) is 17.0. The molecule has 0 spiro atoms. The summed E-state index contributed by atoms with van der Waals surface area (Å²) in [5.74, 6) is -2.31. The third-order valence-corrected chi connectivity index (χ3v) is 8.43. The maximum Gasteiger partial charge on any atom is 0.219 e. The van der Waals surface area contributed by atoms with Crippen LogP contribution >= 0.6 is 0 Å². The Labute approximate surface area is 246 Å². The van der Waals surface area contributed by atoms with E-state index < -0.39 is 17.4 Å². The Morgan fingerprint density at radius 3 is 2.77 bits per heavy atom. The lowest BCUT2D eigenvalue weighted by molar-refractivity contribution is 0.103. The molecule has 7 rings (SSSR count). The monoisotopic (exact) mass is 583 g/mol. The number of nitrogens with two attached hydrogens (primary N) is 1. The van der Waals surface area contributed by atoms with Gasteiger partial charge < -0.3 is 20.8 Å². The van der Waals surface area contributed by atoms with Gasteiger partial charge in [0.2, 0.25) is 17.4 Å². The minimum atomic E-state index is -0.834. The zero-order valence-electron chi connectivity index (χ0n) is 23.7. The van der Waals surface area contributed by atoms with Crippen molar-refractivity contribution in [2.24, 2.45) is 0 Å². The zero-order valence-corrected chi connectivity index (χ0v) is 23.7. The number of aryl methyl sites for hydroxylation is 1. The number of aromatic nitrogens is 4. The molecule has 2 aliphatic heterocycles. The van der Waals surface area contributed by atoms with Gasteiger partial charge in [-0.05, 0) is 73.7 Å². The fourth-order valence-corrected chi connectivity index (χ4v) is 6.20. The zero-order chi connectivity index (χ0) is 29.7. The smallest absolute Gasteiger partial charge is 0.219 e. The summed E-state index contributed by atoms with van der Waals surface area (Å²) in [7, 11) is 0. The van der Waals surface area contributed by atoms with Crippen molar-refractivity contribution in [1.29, 1.82) is 0 Å². The first-order valence-corrected chi connectivity index (χ1v) is 14.4. The number of carbonyl (C=O) groups excluding carboxylic acids is 1. The summed E-state index contributed by atoms with van der Waals surface area (Å²) in [6, 6.07) is 11.7. The summed E-state index contributed by atoms with van der Waals surface area (Å²) in [4.78, 5) is 23.6. The summed E-state index contributed by atoms with van der Waals surface area (Å²) in [5.41, 5.74) is 11.8. The standard InChI is InChI=1S/C32H31F2N7O2/c1-18-12-29(43-31-24(33)5-2-6-25(31)34)37-15-28(18)41-32(35)23(14-38-41)30(42)27-13-22-21-9-11-40(17-20-4-3-10-36-20)16-19(21)7-8-26(22)39-27/h2,5-8,12-15,20,36,39H,3-4,9-11,16-17,35H2,1H3. The highest BCUT2D eigenvalue weighted by atomic mass is 19.1. The average molecular weight is 584 g/mol. The largest absolute Gasteiger partial charge is 0.433 e. The van der Waals surface area contributed by atoms with Crippen LogP contribution in [0.2, 0.25) is 0 Å². The molecule has 220 valence electrons. The van der Waals surface area contributed by atoms with Crippen LogP contribution in [0.25, 0.3) is 16.6 Å². The van der Waals surface area contributed by atoms with E-state index in [4.69, 9.17) is 10.5 Å². The van der Waals surface area contributed by atoms with Crippen molar-refractivity contribution >= 4 is 22.5 Å². The van der Waals surface area contributed by atoms with Gasteiger partial charge >= 0.3 is 0 Å². The molecule has 3 aromatic heterocycles. The second-order valence-electron chi connectivity index (χ2n) is 11.3. The minimum absolute atomic E-state index is 0.00649. The fraction of sp³-hybridized carbons (Fsp3) is 0.281. The first-order chi connectivity index (χ1) is 20.9. The SMILES string of the molecule is Cc1cc(Oc2c(F)cccc2F)ncc1-n1ncc(C(=O)c2cc3c4c(ccc3[nH]2)CN(CC2CCCN2)CC4)c1N. The van der Waals surface area contributed by atoms with Gasteiger partial charge in [-0.15, -0.1) is 0 Å². The van der Waals surface area contributed by atoms with Crippen molar-refractivity contribution in [2.75, 3.05) is 25.4 Å². The second kappa shape index (κ2) is 10.9. The van der Waals surface area contributed by atoms with Crippen molar-refractivity contribution in [3.05, 3.63) is 94.4 Å². The van der Waals surface area contributed by atoms with Crippen LogP contribution in [-0.4, -0.2) is 56.1 Å². The number of hydrogen-bond acceptors (Lipinski definition) is 7.